The summed E-state index contributed by atoms with van der Waals surface area (Å²) in [5.41, 5.74) is 0. The molecule has 0 aromatic carbocycles. The van der Waals surface area contributed by atoms with Gasteiger partial charge in [-0.2, -0.15) is 9.40 Å². The van der Waals surface area contributed by atoms with Crippen molar-refractivity contribution in [2.24, 2.45) is 7.05 Å². The van der Waals surface area contributed by atoms with Crippen molar-refractivity contribution in [3.05, 3.63) is 10.7 Å². The van der Waals surface area contributed by atoms with Crippen LogP contribution in [0.15, 0.2) is 10.7 Å². The van der Waals surface area contributed by atoms with Crippen molar-refractivity contribution in [3.63, 3.8) is 0 Å². The standard InChI is InChI=1S/C11H19BrN4O2S/c1-9(2)19(17,18)16-6-4-15(5-7-16)11-8-10(12)13-14(11)3/h8-9H,4-7H2,1-3H3. The molecule has 1 fully saturated rings. The second kappa shape index (κ2) is 5.41. The molecule has 6 nitrogen and oxygen atoms in total. The Morgan fingerprint density at radius 3 is 2.26 bits per heavy atom. The zero-order valence-corrected chi connectivity index (χ0v) is 13.8. The van der Waals surface area contributed by atoms with Gasteiger partial charge in [-0.3, -0.25) is 4.68 Å². The van der Waals surface area contributed by atoms with Crippen LogP contribution < -0.4 is 4.90 Å². The lowest BCUT2D eigenvalue weighted by Gasteiger charge is -2.35. The molecular weight excluding hydrogens is 332 g/mol. The Bertz CT molecular complexity index is 547. The molecule has 108 valence electrons. The highest BCUT2D eigenvalue weighted by molar-refractivity contribution is 9.10. The highest BCUT2D eigenvalue weighted by Crippen LogP contribution is 2.21. The van der Waals surface area contributed by atoms with Gasteiger partial charge < -0.3 is 4.90 Å². The van der Waals surface area contributed by atoms with Crippen LogP contribution in [0.4, 0.5) is 5.82 Å². The average Bonchev–Trinajstić information content (AvgIpc) is 2.68. The summed E-state index contributed by atoms with van der Waals surface area (Å²) in [4.78, 5) is 2.16. The van der Waals surface area contributed by atoms with E-state index >= 15 is 0 Å². The van der Waals surface area contributed by atoms with Crippen LogP contribution in [0, 0.1) is 0 Å². The van der Waals surface area contributed by atoms with Gasteiger partial charge in [0, 0.05) is 39.3 Å². The van der Waals surface area contributed by atoms with Gasteiger partial charge in [-0.25, -0.2) is 8.42 Å². The van der Waals surface area contributed by atoms with E-state index in [1.165, 1.54) is 0 Å². The Balaban J connectivity index is 2.06. The number of hydrogen-bond donors (Lipinski definition) is 0. The van der Waals surface area contributed by atoms with Gasteiger partial charge in [-0.1, -0.05) is 0 Å². The minimum absolute atomic E-state index is 0.357. The number of piperazine rings is 1. The van der Waals surface area contributed by atoms with Crippen LogP contribution in [-0.4, -0.2) is 53.9 Å². The zero-order chi connectivity index (χ0) is 14.2. The van der Waals surface area contributed by atoms with Crippen molar-refractivity contribution in [1.29, 1.82) is 0 Å². The molecule has 0 spiro atoms. The summed E-state index contributed by atoms with van der Waals surface area (Å²) in [5.74, 6) is 1.01. The van der Waals surface area contributed by atoms with Gasteiger partial charge in [0.15, 0.2) is 0 Å². The summed E-state index contributed by atoms with van der Waals surface area (Å²) in [7, 11) is -1.25. The van der Waals surface area contributed by atoms with E-state index in [0.29, 0.717) is 26.2 Å². The van der Waals surface area contributed by atoms with Gasteiger partial charge >= 0.3 is 0 Å². The number of halogens is 1. The molecule has 0 saturated carbocycles. The summed E-state index contributed by atoms with van der Waals surface area (Å²) in [6, 6.07) is 1.95. The third kappa shape index (κ3) is 2.95. The lowest BCUT2D eigenvalue weighted by molar-refractivity contribution is 0.378. The Hall–Kier alpha value is -0.600. The van der Waals surface area contributed by atoms with Crippen molar-refractivity contribution in [3.8, 4) is 0 Å². The molecule has 0 N–H and O–H groups in total. The first-order valence-corrected chi connectivity index (χ1v) is 8.55. The van der Waals surface area contributed by atoms with E-state index in [1.54, 1.807) is 22.8 Å². The monoisotopic (exact) mass is 350 g/mol. The van der Waals surface area contributed by atoms with Gasteiger partial charge in [0.25, 0.3) is 0 Å². The third-order valence-corrected chi connectivity index (χ3v) is 6.01. The molecule has 1 aromatic rings. The predicted octanol–water partition coefficient (Wildman–Crippen LogP) is 1.04. The fraction of sp³-hybridized carbons (Fsp3) is 0.727. The maximum Gasteiger partial charge on any atom is 0.216 e. The summed E-state index contributed by atoms with van der Waals surface area (Å²) >= 11 is 3.35. The second-order valence-electron chi connectivity index (χ2n) is 4.93. The number of hydrogen-bond acceptors (Lipinski definition) is 4. The molecule has 8 heteroatoms. The molecule has 0 radical (unpaired) electrons. The van der Waals surface area contributed by atoms with Crippen molar-refractivity contribution < 1.29 is 8.42 Å². The fourth-order valence-corrected chi connectivity index (χ4v) is 3.90. The first kappa shape index (κ1) is 14.8. The Morgan fingerprint density at radius 2 is 1.84 bits per heavy atom. The van der Waals surface area contributed by atoms with Crippen LogP contribution in [0.3, 0.4) is 0 Å². The average molecular weight is 351 g/mol. The lowest BCUT2D eigenvalue weighted by Crippen LogP contribution is -2.50. The van der Waals surface area contributed by atoms with E-state index in [4.69, 9.17) is 0 Å². The number of aromatic nitrogens is 2. The number of sulfonamides is 1. The Kier molecular flexibility index (Phi) is 4.22. The third-order valence-electron chi connectivity index (χ3n) is 3.34. The maximum absolute atomic E-state index is 12.1. The molecule has 1 saturated heterocycles. The molecule has 1 aliphatic heterocycles. The van der Waals surface area contributed by atoms with Gasteiger partial charge in [-0.05, 0) is 29.8 Å². The van der Waals surface area contributed by atoms with Crippen LogP contribution in [0.2, 0.25) is 0 Å². The first-order valence-electron chi connectivity index (χ1n) is 6.26. The van der Waals surface area contributed by atoms with Crippen LogP contribution in [0.1, 0.15) is 13.8 Å². The number of rotatable bonds is 3. The quantitative estimate of drug-likeness (QED) is 0.817. The summed E-state index contributed by atoms with van der Waals surface area (Å²) in [6.45, 7) is 5.89. The van der Waals surface area contributed by atoms with Crippen LogP contribution in [0.25, 0.3) is 0 Å². The Labute approximate surface area is 122 Å². The number of aryl methyl sites for hydroxylation is 1. The zero-order valence-electron chi connectivity index (χ0n) is 11.4. The van der Waals surface area contributed by atoms with E-state index in [1.807, 2.05) is 13.1 Å². The first-order chi connectivity index (χ1) is 8.82. The van der Waals surface area contributed by atoms with Crippen molar-refractivity contribution in [2.45, 2.75) is 19.1 Å². The van der Waals surface area contributed by atoms with Gasteiger partial charge in [-0.15, -0.1) is 0 Å². The van der Waals surface area contributed by atoms with Gasteiger partial charge in [0.1, 0.15) is 10.4 Å². The van der Waals surface area contributed by atoms with E-state index < -0.39 is 10.0 Å². The lowest BCUT2D eigenvalue weighted by atomic mass is 10.3. The molecule has 0 aliphatic carbocycles. The van der Waals surface area contributed by atoms with E-state index in [2.05, 4.69) is 25.9 Å². The van der Waals surface area contributed by atoms with Crippen LogP contribution in [0.5, 0.6) is 0 Å². The maximum atomic E-state index is 12.1. The van der Waals surface area contributed by atoms with Crippen LogP contribution >= 0.6 is 15.9 Å². The molecule has 1 aromatic heterocycles. The van der Waals surface area contributed by atoms with Gasteiger partial charge in [0.2, 0.25) is 10.0 Å². The molecular formula is C11H19BrN4O2S. The molecule has 0 unspecified atom stereocenters. The van der Waals surface area contributed by atoms with Crippen molar-refractivity contribution in [1.82, 2.24) is 14.1 Å². The summed E-state index contributed by atoms with van der Waals surface area (Å²) in [6.07, 6.45) is 0. The fourth-order valence-electron chi connectivity index (χ4n) is 2.19. The SMILES string of the molecule is CC(C)S(=O)(=O)N1CCN(c2cc(Br)nn2C)CC1. The predicted molar refractivity (Wildman–Crippen MR) is 78.7 cm³/mol. The van der Waals surface area contributed by atoms with E-state index in [0.717, 1.165) is 10.4 Å². The summed E-state index contributed by atoms with van der Waals surface area (Å²) in [5, 5.41) is 3.89. The molecule has 0 bridgehead atoms. The normalized spacial score (nSPS) is 18.3. The van der Waals surface area contributed by atoms with Crippen molar-refractivity contribution in [2.75, 3.05) is 31.1 Å². The largest absolute Gasteiger partial charge is 0.354 e. The Morgan fingerprint density at radius 1 is 1.26 bits per heavy atom. The van der Waals surface area contributed by atoms with E-state index in [-0.39, 0.29) is 5.25 Å². The summed E-state index contributed by atoms with van der Waals surface area (Å²) < 4.78 is 28.3. The number of nitrogens with zero attached hydrogens (tertiary/aromatic N) is 4. The minimum Gasteiger partial charge on any atom is -0.354 e. The molecule has 0 amide bonds. The topological polar surface area (TPSA) is 58.4 Å². The van der Waals surface area contributed by atoms with Crippen LogP contribution in [-0.2, 0) is 17.1 Å². The smallest absolute Gasteiger partial charge is 0.216 e. The second-order valence-corrected chi connectivity index (χ2v) is 8.23. The highest BCUT2D eigenvalue weighted by Gasteiger charge is 2.30. The molecule has 2 rings (SSSR count). The number of anilines is 1. The molecule has 19 heavy (non-hydrogen) atoms. The van der Waals surface area contributed by atoms with Gasteiger partial charge in [0.05, 0.1) is 5.25 Å². The molecule has 0 atom stereocenters. The minimum atomic E-state index is -3.14. The van der Waals surface area contributed by atoms with Crippen molar-refractivity contribution >= 4 is 31.8 Å². The highest BCUT2D eigenvalue weighted by atomic mass is 79.9. The molecule has 2 heterocycles. The van der Waals surface area contributed by atoms with E-state index in [9.17, 15) is 8.42 Å². The molecule has 1 aliphatic rings.